The van der Waals surface area contributed by atoms with E-state index >= 15 is 0 Å². The van der Waals surface area contributed by atoms with Crippen LogP contribution in [0.4, 0.5) is 0 Å². The first kappa shape index (κ1) is 8.45. The van der Waals surface area contributed by atoms with Crippen molar-refractivity contribution >= 4 is 23.1 Å². The van der Waals surface area contributed by atoms with Crippen LogP contribution in [-0.4, -0.2) is 4.57 Å². The maximum Gasteiger partial charge on any atom is 0.106 e. The Balaban J connectivity index is 2.92. The molecular formula is C11H11NS. The molecule has 0 bridgehead atoms. The Labute approximate surface area is 82.6 Å². The van der Waals surface area contributed by atoms with Gasteiger partial charge in [0.15, 0.2) is 0 Å². The summed E-state index contributed by atoms with van der Waals surface area (Å²) in [5.74, 6) is 0. The van der Waals surface area contributed by atoms with Gasteiger partial charge in [-0.25, -0.2) is 0 Å². The van der Waals surface area contributed by atoms with Crippen molar-refractivity contribution in [2.24, 2.45) is 0 Å². The molecule has 2 heteroatoms. The lowest BCUT2D eigenvalue weighted by molar-refractivity contribution is 0.778. The molecule has 1 heterocycles. The third-order valence-corrected chi connectivity index (χ3v) is 2.57. The summed E-state index contributed by atoms with van der Waals surface area (Å²) in [6.07, 6.45) is 0. The van der Waals surface area contributed by atoms with Gasteiger partial charge in [0.25, 0.3) is 0 Å². The van der Waals surface area contributed by atoms with E-state index in [-0.39, 0.29) is 0 Å². The average molecular weight is 189 g/mol. The summed E-state index contributed by atoms with van der Waals surface area (Å²) in [7, 11) is 0. The van der Waals surface area contributed by atoms with Gasteiger partial charge in [0.1, 0.15) is 4.64 Å². The molecule has 1 aromatic heterocycles. The van der Waals surface area contributed by atoms with Crippen LogP contribution in [0.3, 0.4) is 0 Å². The van der Waals surface area contributed by atoms with Crippen molar-refractivity contribution in [3.8, 4) is 0 Å². The van der Waals surface area contributed by atoms with E-state index in [1.165, 1.54) is 10.9 Å². The summed E-state index contributed by atoms with van der Waals surface area (Å²) < 4.78 is 3.05. The zero-order valence-electron chi connectivity index (χ0n) is 7.53. The van der Waals surface area contributed by atoms with Crippen LogP contribution in [0.25, 0.3) is 10.9 Å². The van der Waals surface area contributed by atoms with Crippen molar-refractivity contribution in [1.82, 2.24) is 4.57 Å². The van der Waals surface area contributed by atoms with Gasteiger partial charge in [-0.2, -0.15) is 0 Å². The molecule has 66 valence electrons. The monoisotopic (exact) mass is 189 g/mol. The van der Waals surface area contributed by atoms with E-state index in [9.17, 15) is 0 Å². The average Bonchev–Trinajstić information content (AvgIpc) is 2.18. The van der Waals surface area contributed by atoms with Gasteiger partial charge in [-0.15, -0.1) is 0 Å². The van der Waals surface area contributed by atoms with Gasteiger partial charge < -0.3 is 4.57 Å². The summed E-state index contributed by atoms with van der Waals surface area (Å²) in [4.78, 5) is 0. The van der Waals surface area contributed by atoms with Crippen molar-refractivity contribution in [3.05, 3.63) is 41.0 Å². The number of benzene rings is 1. The number of aryl methyl sites for hydroxylation is 1. The maximum atomic E-state index is 5.24. The van der Waals surface area contributed by atoms with Crippen LogP contribution >= 0.6 is 12.2 Å². The molecule has 0 fully saturated rings. The molecule has 0 saturated carbocycles. The lowest BCUT2D eigenvalue weighted by Crippen LogP contribution is -1.98. The molecule has 0 aliphatic carbocycles. The highest BCUT2D eigenvalue weighted by Crippen LogP contribution is 2.13. The Bertz CT molecular complexity index is 485. The molecule has 13 heavy (non-hydrogen) atoms. The van der Waals surface area contributed by atoms with Crippen LogP contribution in [0.15, 0.2) is 36.4 Å². The Kier molecular flexibility index (Phi) is 2.15. The van der Waals surface area contributed by atoms with E-state index in [1.807, 2.05) is 18.2 Å². The zero-order valence-corrected chi connectivity index (χ0v) is 8.34. The van der Waals surface area contributed by atoms with Gasteiger partial charge in [-0.3, -0.25) is 0 Å². The topological polar surface area (TPSA) is 4.93 Å². The van der Waals surface area contributed by atoms with Crippen LogP contribution in [0, 0.1) is 4.64 Å². The molecule has 1 aromatic carbocycles. The highest BCUT2D eigenvalue weighted by Gasteiger charge is 1.96. The summed E-state index contributed by atoms with van der Waals surface area (Å²) in [6.45, 7) is 3.04. The van der Waals surface area contributed by atoms with E-state index in [2.05, 4.69) is 29.7 Å². The van der Waals surface area contributed by atoms with Gasteiger partial charge >= 0.3 is 0 Å². The Hall–Kier alpha value is -1.15. The molecule has 2 rings (SSSR count). The Morgan fingerprint density at radius 3 is 2.69 bits per heavy atom. The molecule has 0 atom stereocenters. The van der Waals surface area contributed by atoms with E-state index in [4.69, 9.17) is 12.2 Å². The predicted octanol–water partition coefficient (Wildman–Crippen LogP) is 3.39. The van der Waals surface area contributed by atoms with Gasteiger partial charge in [-0.1, -0.05) is 30.4 Å². The smallest absolute Gasteiger partial charge is 0.106 e. The molecule has 0 saturated heterocycles. The minimum absolute atomic E-state index is 0.904. The first-order chi connectivity index (χ1) is 6.33. The SMILES string of the molecule is CCn1c(=S)ccc2ccccc21. The predicted molar refractivity (Wildman–Crippen MR) is 58.4 cm³/mol. The summed E-state index contributed by atoms with van der Waals surface area (Å²) in [6, 6.07) is 12.4. The first-order valence-corrected chi connectivity index (χ1v) is 4.82. The normalized spacial score (nSPS) is 10.5. The molecule has 0 N–H and O–H groups in total. The van der Waals surface area contributed by atoms with Crippen LogP contribution in [0.2, 0.25) is 0 Å². The van der Waals surface area contributed by atoms with Gasteiger partial charge in [-0.05, 0) is 30.5 Å². The van der Waals surface area contributed by atoms with Crippen molar-refractivity contribution in [2.75, 3.05) is 0 Å². The fourth-order valence-corrected chi connectivity index (χ4v) is 1.87. The second-order valence-electron chi connectivity index (χ2n) is 2.97. The van der Waals surface area contributed by atoms with Crippen molar-refractivity contribution in [3.63, 3.8) is 0 Å². The summed E-state index contributed by atoms with van der Waals surface area (Å²) in [5.41, 5.74) is 1.22. The largest absolute Gasteiger partial charge is 0.332 e. The van der Waals surface area contributed by atoms with Crippen LogP contribution in [0.5, 0.6) is 0 Å². The Morgan fingerprint density at radius 1 is 1.15 bits per heavy atom. The number of hydrogen-bond donors (Lipinski definition) is 0. The van der Waals surface area contributed by atoms with Crippen molar-refractivity contribution in [1.29, 1.82) is 0 Å². The zero-order chi connectivity index (χ0) is 9.26. The second kappa shape index (κ2) is 3.30. The second-order valence-corrected chi connectivity index (χ2v) is 3.39. The molecule has 1 nitrogen and oxygen atoms in total. The standard InChI is InChI=1S/C11H11NS/c1-2-12-10-6-4-3-5-9(10)7-8-11(12)13/h3-8H,2H2,1H3. The van der Waals surface area contributed by atoms with Crippen LogP contribution in [0.1, 0.15) is 6.92 Å². The van der Waals surface area contributed by atoms with Crippen LogP contribution < -0.4 is 0 Å². The van der Waals surface area contributed by atoms with Crippen molar-refractivity contribution in [2.45, 2.75) is 13.5 Å². The lowest BCUT2D eigenvalue weighted by atomic mass is 10.2. The number of aromatic nitrogens is 1. The molecule has 0 radical (unpaired) electrons. The summed E-state index contributed by atoms with van der Waals surface area (Å²) in [5, 5.41) is 1.25. The molecule has 0 aliphatic rings. The molecular weight excluding hydrogens is 178 g/mol. The number of nitrogens with zero attached hydrogens (tertiary/aromatic N) is 1. The van der Waals surface area contributed by atoms with Gasteiger partial charge in [0.05, 0.1) is 0 Å². The van der Waals surface area contributed by atoms with E-state index < -0.39 is 0 Å². The fourth-order valence-electron chi connectivity index (χ4n) is 1.57. The van der Waals surface area contributed by atoms with Gasteiger partial charge in [0.2, 0.25) is 0 Å². The van der Waals surface area contributed by atoms with E-state index in [1.54, 1.807) is 0 Å². The number of pyridine rings is 1. The van der Waals surface area contributed by atoms with E-state index in [0.29, 0.717) is 0 Å². The fraction of sp³-hybridized carbons (Fsp3) is 0.182. The number of fused-ring (bicyclic) bond motifs is 1. The lowest BCUT2D eigenvalue weighted by Gasteiger charge is -2.07. The first-order valence-electron chi connectivity index (χ1n) is 4.41. The van der Waals surface area contributed by atoms with Crippen LogP contribution in [-0.2, 0) is 6.54 Å². The molecule has 0 aliphatic heterocycles. The maximum absolute atomic E-state index is 5.24. The minimum Gasteiger partial charge on any atom is -0.332 e. The van der Waals surface area contributed by atoms with Crippen molar-refractivity contribution < 1.29 is 0 Å². The highest BCUT2D eigenvalue weighted by molar-refractivity contribution is 7.71. The number of hydrogen-bond acceptors (Lipinski definition) is 1. The minimum atomic E-state index is 0.904. The third kappa shape index (κ3) is 1.38. The molecule has 0 unspecified atom stereocenters. The molecule has 0 amide bonds. The van der Waals surface area contributed by atoms with Gasteiger partial charge in [0, 0.05) is 12.1 Å². The highest BCUT2D eigenvalue weighted by atomic mass is 32.1. The Morgan fingerprint density at radius 2 is 1.92 bits per heavy atom. The quantitative estimate of drug-likeness (QED) is 0.622. The number of para-hydroxylation sites is 1. The number of rotatable bonds is 1. The molecule has 0 spiro atoms. The third-order valence-electron chi connectivity index (χ3n) is 2.22. The summed E-state index contributed by atoms with van der Waals surface area (Å²) >= 11 is 5.24. The van der Waals surface area contributed by atoms with E-state index in [0.717, 1.165) is 11.2 Å². The molecule has 2 aromatic rings.